The lowest BCUT2D eigenvalue weighted by Gasteiger charge is -2.13. The zero-order valence-corrected chi connectivity index (χ0v) is 19.8. The molecule has 0 fully saturated rings. The Morgan fingerprint density at radius 3 is 2.69 bits per heavy atom. The highest BCUT2D eigenvalue weighted by Gasteiger charge is 2.27. The number of nitro groups is 1. The first-order valence-electron chi connectivity index (χ1n) is 9.37. The van der Waals surface area contributed by atoms with Gasteiger partial charge < -0.3 is 14.2 Å². The van der Waals surface area contributed by atoms with Crippen molar-refractivity contribution in [2.75, 3.05) is 6.61 Å². The van der Waals surface area contributed by atoms with E-state index in [4.69, 9.17) is 25.8 Å². The number of ether oxygens (including phenoxy) is 3. The Labute approximate surface area is 201 Å². The molecule has 0 radical (unpaired) electrons. The van der Waals surface area contributed by atoms with Gasteiger partial charge in [0.05, 0.1) is 25.7 Å². The molecular weight excluding hydrogens is 555 g/mol. The molecule has 11 heteroatoms. The third-order valence-electron chi connectivity index (χ3n) is 4.15. The summed E-state index contributed by atoms with van der Waals surface area (Å²) in [6, 6.07) is 7.08. The van der Waals surface area contributed by atoms with Crippen molar-refractivity contribution in [3.63, 3.8) is 0 Å². The van der Waals surface area contributed by atoms with Crippen LogP contribution in [-0.2, 0) is 14.3 Å². The zero-order valence-electron chi connectivity index (χ0n) is 16.9. The Hall–Kier alpha value is -2.99. The Morgan fingerprint density at radius 2 is 2.06 bits per heavy atom. The molecule has 2 aromatic rings. The summed E-state index contributed by atoms with van der Waals surface area (Å²) in [5.74, 6) is -0.513. The van der Waals surface area contributed by atoms with Crippen LogP contribution in [0.25, 0.3) is 6.08 Å². The van der Waals surface area contributed by atoms with E-state index in [0.29, 0.717) is 27.2 Å². The monoisotopic (exact) mass is 570 g/mol. The Morgan fingerprint density at radius 1 is 1.31 bits per heavy atom. The fourth-order valence-electron chi connectivity index (χ4n) is 2.69. The summed E-state index contributed by atoms with van der Waals surface area (Å²) >= 11 is 8.11. The molecule has 0 spiro atoms. The number of carbonyl (C=O) groups is 2. The van der Waals surface area contributed by atoms with Gasteiger partial charge in [0.15, 0.2) is 17.2 Å². The van der Waals surface area contributed by atoms with Crippen molar-refractivity contribution in [1.82, 2.24) is 0 Å². The summed E-state index contributed by atoms with van der Waals surface area (Å²) in [6.45, 7) is 3.82. The number of halogens is 2. The number of carbonyl (C=O) groups excluding carboxylic acids is 2. The van der Waals surface area contributed by atoms with Crippen LogP contribution in [0.3, 0.4) is 0 Å². The second-order valence-corrected chi connectivity index (χ2v) is 7.92. The Bertz CT molecular complexity index is 1180. The molecular formula is C21H16ClIN2O7. The molecule has 2 aromatic carbocycles. The van der Waals surface area contributed by atoms with Gasteiger partial charge in [0.25, 0.3) is 5.69 Å². The first kappa shape index (κ1) is 23.7. The molecule has 0 bridgehead atoms. The largest absolute Gasteiger partial charge is 0.490 e. The average Bonchev–Trinajstić information content (AvgIpc) is 3.10. The number of benzene rings is 2. The molecule has 0 amide bonds. The summed E-state index contributed by atoms with van der Waals surface area (Å²) in [7, 11) is 0. The molecule has 1 heterocycles. The smallest absolute Gasteiger partial charge is 0.363 e. The maximum absolute atomic E-state index is 12.3. The van der Waals surface area contributed by atoms with Crippen LogP contribution >= 0.6 is 34.2 Å². The van der Waals surface area contributed by atoms with Crippen molar-refractivity contribution in [3.05, 3.63) is 65.9 Å². The topological polar surface area (TPSA) is 117 Å². The van der Waals surface area contributed by atoms with Gasteiger partial charge in [0.2, 0.25) is 5.90 Å². The van der Waals surface area contributed by atoms with Crippen LogP contribution in [0.5, 0.6) is 11.5 Å². The van der Waals surface area contributed by atoms with E-state index < -0.39 is 16.9 Å². The maximum atomic E-state index is 12.3. The maximum Gasteiger partial charge on any atom is 0.363 e. The van der Waals surface area contributed by atoms with Gasteiger partial charge in [0.1, 0.15) is 0 Å². The fourth-order valence-corrected chi connectivity index (χ4v) is 3.68. The fraction of sp³-hybridized carbons (Fsp3) is 0.190. The van der Waals surface area contributed by atoms with E-state index in [9.17, 15) is 19.7 Å². The van der Waals surface area contributed by atoms with Crippen molar-refractivity contribution < 1.29 is 28.7 Å². The first-order valence-corrected chi connectivity index (χ1v) is 10.8. The Kier molecular flexibility index (Phi) is 7.46. The number of non-ortho nitro benzene ring substituents is 1. The molecule has 0 unspecified atom stereocenters. The molecule has 1 aliphatic heterocycles. The van der Waals surface area contributed by atoms with E-state index >= 15 is 0 Å². The Balaban J connectivity index is 1.97. The summed E-state index contributed by atoms with van der Waals surface area (Å²) in [6.07, 6.45) is 1.70. The van der Waals surface area contributed by atoms with Crippen molar-refractivity contribution in [2.45, 2.75) is 20.3 Å². The second-order valence-electron chi connectivity index (χ2n) is 6.35. The van der Waals surface area contributed by atoms with Crippen molar-refractivity contribution >= 4 is 63.8 Å². The standard InChI is InChI=1S/C21H16ClIN2O7/c1-3-18(26)31-19-15(23)7-11(9-17(19)30-4-2)8-16-21(27)32-20(24-16)13-6-5-12(25(28)29)10-14(13)22/h5-10H,3-4H2,1-2H3. The lowest BCUT2D eigenvalue weighted by atomic mass is 10.1. The highest BCUT2D eigenvalue weighted by atomic mass is 127. The van der Waals surface area contributed by atoms with E-state index in [0.717, 1.165) is 6.07 Å². The average molecular weight is 571 g/mol. The van der Waals surface area contributed by atoms with Gasteiger partial charge in [-0.05, 0) is 59.4 Å². The lowest BCUT2D eigenvalue weighted by Crippen LogP contribution is -2.09. The molecule has 32 heavy (non-hydrogen) atoms. The van der Waals surface area contributed by atoms with Crippen LogP contribution in [0.1, 0.15) is 31.4 Å². The molecule has 3 rings (SSSR count). The first-order chi connectivity index (χ1) is 15.2. The number of nitrogens with zero attached hydrogens (tertiary/aromatic N) is 2. The molecule has 0 saturated heterocycles. The van der Waals surface area contributed by atoms with E-state index in [2.05, 4.69) is 4.99 Å². The van der Waals surface area contributed by atoms with Crippen LogP contribution < -0.4 is 9.47 Å². The van der Waals surface area contributed by atoms with Crippen LogP contribution in [0.15, 0.2) is 41.0 Å². The number of aliphatic imine (C=N–C) groups is 1. The van der Waals surface area contributed by atoms with Gasteiger partial charge in [-0.25, -0.2) is 9.79 Å². The number of nitro benzene ring substituents is 1. The van der Waals surface area contributed by atoms with Crippen LogP contribution in [0.4, 0.5) is 5.69 Å². The highest BCUT2D eigenvalue weighted by Crippen LogP contribution is 2.36. The molecule has 0 atom stereocenters. The number of rotatable bonds is 7. The van der Waals surface area contributed by atoms with E-state index in [1.54, 1.807) is 26.0 Å². The predicted molar refractivity (Wildman–Crippen MR) is 125 cm³/mol. The molecule has 1 aliphatic rings. The van der Waals surface area contributed by atoms with Crippen LogP contribution in [-0.4, -0.2) is 29.4 Å². The molecule has 9 nitrogen and oxygen atoms in total. The minimum atomic E-state index is -0.705. The van der Waals surface area contributed by atoms with Crippen molar-refractivity contribution in [3.8, 4) is 11.5 Å². The summed E-state index contributed by atoms with van der Waals surface area (Å²) in [5.41, 5.74) is 0.633. The lowest BCUT2D eigenvalue weighted by molar-refractivity contribution is -0.384. The summed E-state index contributed by atoms with van der Waals surface area (Å²) < 4.78 is 16.8. The number of hydrogen-bond acceptors (Lipinski definition) is 8. The molecule has 0 aromatic heterocycles. The normalized spacial score (nSPS) is 14.2. The van der Waals surface area contributed by atoms with E-state index in [-0.39, 0.29) is 34.3 Å². The molecule has 0 N–H and O–H groups in total. The van der Waals surface area contributed by atoms with Crippen LogP contribution in [0.2, 0.25) is 5.02 Å². The van der Waals surface area contributed by atoms with Crippen LogP contribution in [0, 0.1) is 13.7 Å². The van der Waals surface area contributed by atoms with Gasteiger partial charge in [0, 0.05) is 18.6 Å². The molecule has 0 aliphatic carbocycles. The minimum absolute atomic E-state index is 0.00553. The minimum Gasteiger partial charge on any atom is -0.490 e. The number of hydrogen-bond donors (Lipinski definition) is 0. The summed E-state index contributed by atoms with van der Waals surface area (Å²) in [5, 5.41) is 10.9. The highest BCUT2D eigenvalue weighted by molar-refractivity contribution is 14.1. The van der Waals surface area contributed by atoms with Gasteiger partial charge >= 0.3 is 11.9 Å². The van der Waals surface area contributed by atoms with Gasteiger partial charge in [-0.2, -0.15) is 0 Å². The predicted octanol–water partition coefficient (Wildman–Crippen LogP) is 4.91. The third kappa shape index (κ3) is 5.25. The second kappa shape index (κ2) is 10.1. The number of esters is 2. The van der Waals surface area contributed by atoms with Gasteiger partial charge in [-0.3, -0.25) is 14.9 Å². The number of cyclic esters (lactones) is 1. The van der Waals surface area contributed by atoms with Gasteiger partial charge in [-0.1, -0.05) is 18.5 Å². The SMILES string of the molecule is CCOc1cc(C=C2N=C(c3ccc([N+](=O)[O-])cc3Cl)OC2=O)cc(I)c1OC(=O)CC. The molecule has 0 saturated carbocycles. The van der Waals surface area contributed by atoms with E-state index in [1.807, 2.05) is 22.6 Å². The molecule has 166 valence electrons. The van der Waals surface area contributed by atoms with Crippen molar-refractivity contribution in [2.24, 2.45) is 4.99 Å². The van der Waals surface area contributed by atoms with Gasteiger partial charge in [-0.15, -0.1) is 0 Å². The quantitative estimate of drug-likeness (QED) is 0.116. The zero-order chi connectivity index (χ0) is 23.4. The summed E-state index contributed by atoms with van der Waals surface area (Å²) in [4.78, 5) is 38.5. The van der Waals surface area contributed by atoms with E-state index in [1.165, 1.54) is 18.2 Å². The third-order valence-corrected chi connectivity index (χ3v) is 5.27. The van der Waals surface area contributed by atoms with Crippen molar-refractivity contribution in [1.29, 1.82) is 0 Å².